The normalized spacial score (nSPS) is 10.1. The van der Waals surface area contributed by atoms with Crippen molar-refractivity contribution < 1.29 is 18.3 Å². The Bertz CT molecular complexity index is 350. The molecule has 15 heavy (non-hydrogen) atoms. The smallest absolute Gasteiger partial charge is 0.305 e. The average Bonchev–Trinajstić information content (AvgIpc) is 2.23. The van der Waals surface area contributed by atoms with Gasteiger partial charge in [0.2, 0.25) is 0 Å². The molecule has 1 aromatic rings. The van der Waals surface area contributed by atoms with Crippen LogP contribution in [0.4, 0.5) is 8.78 Å². The zero-order valence-corrected chi connectivity index (χ0v) is 8.43. The topological polar surface area (TPSA) is 26.3 Å². The highest BCUT2D eigenvalue weighted by Gasteiger charge is 2.04. The van der Waals surface area contributed by atoms with Gasteiger partial charge in [-0.05, 0) is 30.5 Å². The zero-order chi connectivity index (χ0) is 11.3. The van der Waals surface area contributed by atoms with Crippen molar-refractivity contribution in [2.75, 3.05) is 7.11 Å². The fourth-order valence-electron chi connectivity index (χ4n) is 1.23. The average molecular weight is 214 g/mol. The number of carbonyl (C=O) groups is 1. The Hall–Kier alpha value is -1.45. The van der Waals surface area contributed by atoms with Crippen LogP contribution in [0, 0.1) is 11.6 Å². The molecule has 0 bridgehead atoms. The SMILES string of the molecule is COC(=O)CCCc1ccc(F)c(F)c1. The van der Waals surface area contributed by atoms with Crippen LogP contribution in [-0.4, -0.2) is 13.1 Å². The number of carbonyl (C=O) groups excluding carboxylic acids is 1. The van der Waals surface area contributed by atoms with Crippen molar-refractivity contribution in [3.63, 3.8) is 0 Å². The van der Waals surface area contributed by atoms with E-state index in [4.69, 9.17) is 0 Å². The Labute approximate surface area is 86.9 Å². The zero-order valence-electron chi connectivity index (χ0n) is 8.43. The second-order valence-corrected chi connectivity index (χ2v) is 3.18. The largest absolute Gasteiger partial charge is 0.469 e. The van der Waals surface area contributed by atoms with Gasteiger partial charge < -0.3 is 4.74 Å². The van der Waals surface area contributed by atoms with E-state index in [2.05, 4.69) is 4.74 Å². The molecule has 0 radical (unpaired) electrons. The first-order valence-electron chi connectivity index (χ1n) is 4.64. The first-order chi connectivity index (χ1) is 7.13. The lowest BCUT2D eigenvalue weighted by molar-refractivity contribution is -0.140. The molecule has 2 nitrogen and oxygen atoms in total. The second kappa shape index (κ2) is 5.44. The van der Waals surface area contributed by atoms with E-state index in [0.29, 0.717) is 18.4 Å². The molecule has 1 aromatic carbocycles. The quantitative estimate of drug-likeness (QED) is 0.719. The molecule has 0 unspecified atom stereocenters. The molecule has 82 valence electrons. The number of esters is 1. The summed E-state index contributed by atoms with van der Waals surface area (Å²) in [5.41, 5.74) is 0.679. The van der Waals surface area contributed by atoms with E-state index in [1.165, 1.54) is 13.2 Å². The molecule has 0 saturated heterocycles. The van der Waals surface area contributed by atoms with Crippen molar-refractivity contribution in [3.05, 3.63) is 35.4 Å². The first kappa shape index (κ1) is 11.6. The monoisotopic (exact) mass is 214 g/mol. The van der Waals surface area contributed by atoms with Gasteiger partial charge in [0.1, 0.15) is 0 Å². The number of benzene rings is 1. The summed E-state index contributed by atoms with van der Waals surface area (Å²) in [7, 11) is 1.32. The van der Waals surface area contributed by atoms with Crippen LogP contribution < -0.4 is 0 Å². The fourth-order valence-corrected chi connectivity index (χ4v) is 1.23. The number of rotatable bonds is 4. The van der Waals surface area contributed by atoms with Crippen molar-refractivity contribution >= 4 is 5.97 Å². The third-order valence-electron chi connectivity index (χ3n) is 2.06. The van der Waals surface area contributed by atoms with Crippen LogP contribution >= 0.6 is 0 Å². The van der Waals surface area contributed by atoms with Gasteiger partial charge in [-0.25, -0.2) is 8.78 Å². The summed E-state index contributed by atoms with van der Waals surface area (Å²) < 4.78 is 29.8. The van der Waals surface area contributed by atoms with Crippen LogP contribution in [0.15, 0.2) is 18.2 Å². The van der Waals surface area contributed by atoms with Gasteiger partial charge in [-0.15, -0.1) is 0 Å². The number of aryl methyl sites for hydroxylation is 1. The van der Waals surface area contributed by atoms with Gasteiger partial charge in [-0.2, -0.15) is 0 Å². The third kappa shape index (κ3) is 3.65. The van der Waals surface area contributed by atoms with Crippen molar-refractivity contribution in [2.24, 2.45) is 0 Å². The van der Waals surface area contributed by atoms with E-state index in [9.17, 15) is 13.6 Å². The number of ether oxygens (including phenoxy) is 1. The molecule has 1 rings (SSSR count). The van der Waals surface area contributed by atoms with E-state index in [0.717, 1.165) is 12.1 Å². The first-order valence-corrected chi connectivity index (χ1v) is 4.64. The van der Waals surface area contributed by atoms with E-state index in [1.54, 1.807) is 0 Å². The van der Waals surface area contributed by atoms with Gasteiger partial charge in [0.25, 0.3) is 0 Å². The van der Waals surface area contributed by atoms with E-state index in [-0.39, 0.29) is 12.4 Å². The van der Waals surface area contributed by atoms with Gasteiger partial charge in [0, 0.05) is 6.42 Å². The molecule has 0 N–H and O–H groups in total. The molecule has 0 heterocycles. The third-order valence-corrected chi connectivity index (χ3v) is 2.06. The Kier molecular flexibility index (Phi) is 4.21. The molecular weight excluding hydrogens is 202 g/mol. The summed E-state index contributed by atoms with van der Waals surface area (Å²) in [5, 5.41) is 0. The van der Waals surface area contributed by atoms with Crippen LogP contribution in [0.1, 0.15) is 18.4 Å². The molecule has 0 fully saturated rings. The predicted octanol–water partition coefficient (Wildman–Crippen LogP) is 2.46. The minimum Gasteiger partial charge on any atom is -0.469 e. The van der Waals surface area contributed by atoms with Crippen molar-refractivity contribution in [3.8, 4) is 0 Å². The van der Waals surface area contributed by atoms with E-state index < -0.39 is 11.6 Å². The number of hydrogen-bond acceptors (Lipinski definition) is 2. The maximum absolute atomic E-state index is 12.8. The van der Waals surface area contributed by atoms with Gasteiger partial charge in [0.05, 0.1) is 7.11 Å². The van der Waals surface area contributed by atoms with Crippen LogP contribution in [0.3, 0.4) is 0 Å². The van der Waals surface area contributed by atoms with Gasteiger partial charge in [-0.1, -0.05) is 6.07 Å². The lowest BCUT2D eigenvalue weighted by atomic mass is 10.1. The molecule has 0 aliphatic rings. The number of halogens is 2. The number of hydrogen-bond donors (Lipinski definition) is 0. The minimum absolute atomic E-state index is 0.287. The molecular formula is C11H12F2O2. The van der Waals surface area contributed by atoms with E-state index >= 15 is 0 Å². The van der Waals surface area contributed by atoms with Crippen molar-refractivity contribution in [2.45, 2.75) is 19.3 Å². The van der Waals surface area contributed by atoms with Gasteiger partial charge >= 0.3 is 5.97 Å². The van der Waals surface area contributed by atoms with Gasteiger partial charge in [0.15, 0.2) is 11.6 Å². The second-order valence-electron chi connectivity index (χ2n) is 3.18. The van der Waals surface area contributed by atoms with Crippen molar-refractivity contribution in [1.82, 2.24) is 0 Å². The molecule has 0 aliphatic heterocycles. The molecule has 0 amide bonds. The Morgan fingerprint density at radius 1 is 1.33 bits per heavy atom. The summed E-state index contributed by atoms with van der Waals surface area (Å²) in [4.78, 5) is 10.8. The molecule has 4 heteroatoms. The maximum atomic E-state index is 12.8. The van der Waals surface area contributed by atoms with Crippen LogP contribution in [0.2, 0.25) is 0 Å². The molecule has 0 aliphatic carbocycles. The lowest BCUT2D eigenvalue weighted by Gasteiger charge is -2.01. The maximum Gasteiger partial charge on any atom is 0.305 e. The Morgan fingerprint density at radius 3 is 2.67 bits per heavy atom. The summed E-state index contributed by atoms with van der Waals surface area (Å²) in [6.07, 6.45) is 1.39. The standard InChI is InChI=1S/C11H12F2O2/c1-15-11(14)4-2-3-8-5-6-9(12)10(13)7-8/h5-7H,2-4H2,1H3. The van der Waals surface area contributed by atoms with Crippen LogP contribution in [-0.2, 0) is 16.0 Å². The fraction of sp³-hybridized carbons (Fsp3) is 0.364. The van der Waals surface area contributed by atoms with Crippen LogP contribution in [0.5, 0.6) is 0 Å². The molecule has 0 spiro atoms. The van der Waals surface area contributed by atoms with E-state index in [1.807, 2.05) is 0 Å². The summed E-state index contributed by atoms with van der Waals surface area (Å²) >= 11 is 0. The predicted molar refractivity (Wildman–Crippen MR) is 51.3 cm³/mol. The van der Waals surface area contributed by atoms with Gasteiger partial charge in [-0.3, -0.25) is 4.79 Å². The summed E-state index contributed by atoms with van der Waals surface area (Å²) in [6.45, 7) is 0. The molecule has 0 aromatic heterocycles. The minimum atomic E-state index is -0.856. The molecule has 0 atom stereocenters. The van der Waals surface area contributed by atoms with Crippen molar-refractivity contribution in [1.29, 1.82) is 0 Å². The summed E-state index contributed by atoms with van der Waals surface area (Å²) in [6, 6.07) is 3.74. The Morgan fingerprint density at radius 2 is 2.07 bits per heavy atom. The summed E-state index contributed by atoms with van der Waals surface area (Å²) in [5.74, 6) is -2.00. The number of methoxy groups -OCH3 is 1. The highest BCUT2D eigenvalue weighted by molar-refractivity contribution is 5.69. The highest BCUT2D eigenvalue weighted by atomic mass is 19.2. The molecule has 0 saturated carbocycles. The Balaban J connectivity index is 2.44. The van der Waals surface area contributed by atoms with Crippen LogP contribution in [0.25, 0.3) is 0 Å². The lowest BCUT2D eigenvalue weighted by Crippen LogP contribution is -2.00. The highest BCUT2D eigenvalue weighted by Crippen LogP contribution is 2.11.